The van der Waals surface area contributed by atoms with Gasteiger partial charge in [-0.15, -0.1) is 0 Å². The van der Waals surface area contributed by atoms with Crippen LogP contribution in [0.5, 0.6) is 0 Å². The molecule has 2 rings (SSSR count). The van der Waals surface area contributed by atoms with E-state index in [9.17, 15) is 0 Å². The second-order valence-corrected chi connectivity index (χ2v) is 6.29. The lowest BCUT2D eigenvalue weighted by molar-refractivity contribution is -0.0349. The largest absolute Gasteiger partial charge is 0.375 e. The lowest BCUT2D eigenvalue weighted by atomic mass is 9.73. The molecule has 1 atom stereocenters. The molecule has 2 aliphatic rings. The van der Waals surface area contributed by atoms with Gasteiger partial charge in [0.2, 0.25) is 0 Å². The highest BCUT2D eigenvalue weighted by atomic mass is 16.5. The third-order valence-electron chi connectivity index (χ3n) is 5.04. The highest BCUT2D eigenvalue weighted by Crippen LogP contribution is 2.39. The van der Waals surface area contributed by atoms with E-state index >= 15 is 0 Å². The van der Waals surface area contributed by atoms with Crippen LogP contribution in [0.3, 0.4) is 0 Å². The van der Waals surface area contributed by atoms with Crippen LogP contribution in [0.25, 0.3) is 0 Å². The first-order valence-electron chi connectivity index (χ1n) is 7.95. The summed E-state index contributed by atoms with van der Waals surface area (Å²) >= 11 is 0. The maximum Gasteiger partial charge on any atom is 0.0579 e. The highest BCUT2D eigenvalue weighted by Gasteiger charge is 2.29. The van der Waals surface area contributed by atoms with Crippen LogP contribution in [0.15, 0.2) is 0 Å². The van der Waals surface area contributed by atoms with E-state index < -0.39 is 0 Å². The fraction of sp³-hybridized carbons (Fsp3) is 1.00. The fourth-order valence-electron chi connectivity index (χ4n) is 3.73. The lowest BCUT2D eigenvalue weighted by Crippen LogP contribution is -2.29. The van der Waals surface area contributed by atoms with E-state index in [0.29, 0.717) is 12.2 Å². The minimum absolute atomic E-state index is 0.464. The molecule has 0 aromatic heterocycles. The molecule has 2 saturated carbocycles. The molecule has 0 aliphatic heterocycles. The van der Waals surface area contributed by atoms with E-state index in [4.69, 9.17) is 4.74 Å². The van der Waals surface area contributed by atoms with E-state index in [-0.39, 0.29) is 0 Å². The van der Waals surface area contributed by atoms with Gasteiger partial charge in [0.05, 0.1) is 12.2 Å². The second kappa shape index (κ2) is 6.78. The molecule has 0 heterocycles. The molecule has 2 fully saturated rings. The molecule has 0 bridgehead atoms. The first-order valence-corrected chi connectivity index (χ1v) is 7.95. The number of rotatable bonds is 4. The van der Waals surface area contributed by atoms with Crippen LogP contribution < -0.4 is 0 Å². The van der Waals surface area contributed by atoms with Gasteiger partial charge in [-0.05, 0) is 50.9 Å². The van der Waals surface area contributed by atoms with Gasteiger partial charge in [0.15, 0.2) is 0 Å². The van der Waals surface area contributed by atoms with E-state index in [0.717, 1.165) is 18.3 Å². The average molecular weight is 238 g/mol. The van der Waals surface area contributed by atoms with E-state index in [1.54, 1.807) is 0 Å². The molecule has 0 N–H and O–H groups in total. The zero-order valence-corrected chi connectivity index (χ0v) is 11.8. The summed E-state index contributed by atoms with van der Waals surface area (Å²) in [4.78, 5) is 0. The summed E-state index contributed by atoms with van der Waals surface area (Å²) in [7, 11) is 0. The molecule has 0 spiro atoms. The van der Waals surface area contributed by atoms with Crippen molar-refractivity contribution in [3.8, 4) is 0 Å². The van der Waals surface area contributed by atoms with Gasteiger partial charge in [-0.25, -0.2) is 0 Å². The summed E-state index contributed by atoms with van der Waals surface area (Å²) in [5.41, 5.74) is 0. The Labute approximate surface area is 107 Å². The molecular weight excluding hydrogens is 208 g/mol. The van der Waals surface area contributed by atoms with Crippen molar-refractivity contribution in [3.63, 3.8) is 0 Å². The summed E-state index contributed by atoms with van der Waals surface area (Å²) in [5, 5.41) is 0. The predicted molar refractivity (Wildman–Crippen MR) is 73.2 cm³/mol. The Morgan fingerprint density at radius 3 is 2.06 bits per heavy atom. The van der Waals surface area contributed by atoms with Gasteiger partial charge in [0.1, 0.15) is 0 Å². The average Bonchev–Trinajstić information content (AvgIpc) is 2.40. The van der Waals surface area contributed by atoms with Crippen molar-refractivity contribution >= 4 is 0 Å². The standard InChI is InChI=1S/C16H30O/c1-3-13(2)17-16-11-9-15(10-12-16)14-7-5-4-6-8-14/h13-16H,3-12H2,1-2H3. The van der Waals surface area contributed by atoms with Crippen LogP contribution in [-0.4, -0.2) is 12.2 Å². The molecule has 0 aromatic carbocycles. The monoisotopic (exact) mass is 238 g/mol. The molecule has 0 amide bonds. The zero-order valence-electron chi connectivity index (χ0n) is 11.8. The van der Waals surface area contributed by atoms with Gasteiger partial charge in [0.25, 0.3) is 0 Å². The van der Waals surface area contributed by atoms with Crippen LogP contribution in [0.4, 0.5) is 0 Å². The summed E-state index contributed by atoms with van der Waals surface area (Å²) in [6, 6.07) is 0. The fourth-order valence-corrected chi connectivity index (χ4v) is 3.73. The Bertz CT molecular complexity index is 200. The molecular formula is C16H30O. The van der Waals surface area contributed by atoms with Crippen molar-refractivity contribution in [2.45, 2.75) is 90.3 Å². The van der Waals surface area contributed by atoms with E-state index in [2.05, 4.69) is 13.8 Å². The third kappa shape index (κ3) is 3.98. The Morgan fingerprint density at radius 2 is 1.47 bits per heavy atom. The van der Waals surface area contributed by atoms with Crippen LogP contribution >= 0.6 is 0 Å². The number of hydrogen-bond acceptors (Lipinski definition) is 1. The summed E-state index contributed by atoms with van der Waals surface area (Å²) < 4.78 is 6.08. The van der Waals surface area contributed by atoms with Gasteiger partial charge in [-0.2, -0.15) is 0 Å². The van der Waals surface area contributed by atoms with Crippen molar-refractivity contribution in [1.82, 2.24) is 0 Å². The minimum Gasteiger partial charge on any atom is -0.375 e. The third-order valence-corrected chi connectivity index (χ3v) is 5.04. The zero-order chi connectivity index (χ0) is 12.1. The maximum absolute atomic E-state index is 6.08. The van der Waals surface area contributed by atoms with Crippen LogP contribution in [0, 0.1) is 11.8 Å². The van der Waals surface area contributed by atoms with Crippen molar-refractivity contribution in [2.24, 2.45) is 11.8 Å². The normalized spacial score (nSPS) is 33.5. The molecule has 1 heteroatoms. The van der Waals surface area contributed by atoms with Gasteiger partial charge >= 0.3 is 0 Å². The van der Waals surface area contributed by atoms with Crippen LogP contribution in [0.2, 0.25) is 0 Å². The van der Waals surface area contributed by atoms with Gasteiger partial charge in [0, 0.05) is 0 Å². The quantitative estimate of drug-likeness (QED) is 0.674. The van der Waals surface area contributed by atoms with Crippen molar-refractivity contribution in [1.29, 1.82) is 0 Å². The number of hydrogen-bond donors (Lipinski definition) is 0. The first kappa shape index (κ1) is 13.4. The summed E-state index contributed by atoms with van der Waals surface area (Å²) in [5.74, 6) is 2.10. The minimum atomic E-state index is 0.464. The predicted octanol–water partition coefficient (Wildman–Crippen LogP) is 4.94. The van der Waals surface area contributed by atoms with Gasteiger partial charge in [-0.3, -0.25) is 0 Å². The Morgan fingerprint density at radius 1 is 0.882 bits per heavy atom. The Kier molecular flexibility index (Phi) is 5.34. The lowest BCUT2D eigenvalue weighted by Gasteiger charge is -2.36. The molecule has 17 heavy (non-hydrogen) atoms. The smallest absolute Gasteiger partial charge is 0.0579 e. The molecule has 1 nitrogen and oxygen atoms in total. The molecule has 0 radical (unpaired) electrons. The van der Waals surface area contributed by atoms with Gasteiger partial charge < -0.3 is 4.74 Å². The first-order chi connectivity index (χ1) is 8.29. The topological polar surface area (TPSA) is 9.23 Å². The molecule has 2 aliphatic carbocycles. The van der Waals surface area contributed by atoms with Crippen LogP contribution in [-0.2, 0) is 4.74 Å². The van der Waals surface area contributed by atoms with Gasteiger partial charge in [-0.1, -0.05) is 39.0 Å². The second-order valence-electron chi connectivity index (χ2n) is 6.29. The Hall–Kier alpha value is -0.0400. The van der Waals surface area contributed by atoms with Crippen LogP contribution in [0.1, 0.15) is 78.1 Å². The highest BCUT2D eigenvalue weighted by molar-refractivity contribution is 4.80. The molecule has 0 aromatic rings. The number of ether oxygens (including phenoxy) is 1. The molecule has 1 unspecified atom stereocenters. The van der Waals surface area contributed by atoms with Crippen molar-refractivity contribution < 1.29 is 4.74 Å². The summed E-state index contributed by atoms with van der Waals surface area (Å²) in [6.07, 6.45) is 15.2. The molecule has 0 saturated heterocycles. The SMILES string of the molecule is CCC(C)OC1CCC(C2CCCCC2)CC1. The van der Waals surface area contributed by atoms with Crippen molar-refractivity contribution in [2.75, 3.05) is 0 Å². The van der Waals surface area contributed by atoms with E-state index in [1.807, 2.05) is 0 Å². The summed E-state index contributed by atoms with van der Waals surface area (Å²) in [6.45, 7) is 4.44. The molecule has 100 valence electrons. The Balaban J connectivity index is 1.70. The van der Waals surface area contributed by atoms with E-state index in [1.165, 1.54) is 57.8 Å². The van der Waals surface area contributed by atoms with Crippen molar-refractivity contribution in [3.05, 3.63) is 0 Å². The maximum atomic E-state index is 6.08.